The molecule has 2 N–H and O–H groups in total. The van der Waals surface area contributed by atoms with Crippen molar-refractivity contribution in [2.45, 2.75) is 0 Å². The van der Waals surface area contributed by atoms with Crippen molar-refractivity contribution in [3.8, 4) is 44.5 Å². The molecule has 0 unspecified atom stereocenters. The minimum Gasteiger partial charge on any atom is -0.354 e. The zero-order chi connectivity index (χ0) is 29.0. The van der Waals surface area contributed by atoms with Gasteiger partial charge in [0.15, 0.2) is 0 Å². The first kappa shape index (κ1) is 24.7. The summed E-state index contributed by atoms with van der Waals surface area (Å²) in [6, 6.07) is 56.9. The number of fused-ring (bicyclic) bond motifs is 6. The Labute approximate surface area is 255 Å². The van der Waals surface area contributed by atoms with Gasteiger partial charge in [0, 0.05) is 43.7 Å². The lowest BCUT2D eigenvalue weighted by Crippen LogP contribution is -1.84. The molecule has 0 aliphatic rings. The molecule has 0 saturated heterocycles. The normalized spacial score (nSPS) is 11.6. The number of para-hydroxylation sites is 4. The average molecular weight is 561 g/mol. The monoisotopic (exact) mass is 560 g/mol. The summed E-state index contributed by atoms with van der Waals surface area (Å²) in [6.07, 6.45) is 0. The Kier molecular flexibility index (Phi) is 5.54. The number of hydrogen-bond acceptors (Lipinski definition) is 0. The van der Waals surface area contributed by atoms with E-state index in [0.717, 1.165) is 0 Å². The number of nitrogens with one attached hydrogen (secondary N) is 2. The summed E-state index contributed by atoms with van der Waals surface area (Å²) < 4.78 is 0. The molecule has 9 aromatic rings. The van der Waals surface area contributed by atoms with Crippen molar-refractivity contribution in [3.63, 3.8) is 0 Å². The standard InChI is InChI=1S/C42H28N2/c1-3-13-39-35(7-1)37-11-5-9-33(41(37)43-39)31-23-19-29(20-24-31)27-15-17-28(18-16-27)30-21-25-32(26-22-30)34-10-6-12-38-36-8-2-4-14-40(36)44-42(34)38/h1-26,43-44H. The second-order valence-corrected chi connectivity index (χ2v) is 11.5. The number of H-pyrrole nitrogens is 2. The Bertz CT molecular complexity index is 2280. The molecule has 2 heteroatoms. The molecule has 9 rings (SSSR count). The predicted molar refractivity (Wildman–Crippen MR) is 187 cm³/mol. The van der Waals surface area contributed by atoms with Gasteiger partial charge in [0.05, 0.1) is 11.0 Å². The Morgan fingerprint density at radius 3 is 0.955 bits per heavy atom. The number of aromatic nitrogens is 2. The smallest absolute Gasteiger partial charge is 0.0544 e. The summed E-state index contributed by atoms with van der Waals surface area (Å²) >= 11 is 0. The fourth-order valence-electron chi connectivity index (χ4n) is 6.77. The zero-order valence-electron chi connectivity index (χ0n) is 24.0. The van der Waals surface area contributed by atoms with Crippen LogP contribution in [0.15, 0.2) is 158 Å². The van der Waals surface area contributed by atoms with Gasteiger partial charge in [0.2, 0.25) is 0 Å². The van der Waals surface area contributed by atoms with E-state index in [1.165, 1.54) is 88.1 Å². The first-order valence-corrected chi connectivity index (χ1v) is 15.1. The Balaban J connectivity index is 0.986. The number of benzene rings is 7. The molecule has 2 aromatic heterocycles. The summed E-state index contributed by atoms with van der Waals surface area (Å²) in [5, 5.41) is 5.06. The van der Waals surface area contributed by atoms with Gasteiger partial charge in [-0.2, -0.15) is 0 Å². The van der Waals surface area contributed by atoms with Crippen molar-refractivity contribution in [2.24, 2.45) is 0 Å². The number of hydrogen-bond donors (Lipinski definition) is 2. The van der Waals surface area contributed by atoms with Gasteiger partial charge in [-0.25, -0.2) is 0 Å². The lowest BCUT2D eigenvalue weighted by Gasteiger charge is -2.09. The van der Waals surface area contributed by atoms with Crippen LogP contribution < -0.4 is 0 Å². The summed E-state index contributed by atoms with van der Waals surface area (Å²) in [5.41, 5.74) is 14.5. The maximum Gasteiger partial charge on any atom is 0.0544 e. The SMILES string of the molecule is c1ccc2c(c1)[nH]c1c(-c3ccc(-c4ccc(-c5ccc(-c6cccc7c6[nH]c6ccccc67)cc5)cc4)cc3)cccc12. The third-order valence-corrected chi connectivity index (χ3v) is 9.03. The second kappa shape index (κ2) is 9.86. The van der Waals surface area contributed by atoms with Crippen molar-refractivity contribution in [2.75, 3.05) is 0 Å². The predicted octanol–water partition coefficient (Wildman–Crippen LogP) is 11.6. The molecular weight excluding hydrogens is 532 g/mol. The van der Waals surface area contributed by atoms with Gasteiger partial charge in [0.1, 0.15) is 0 Å². The van der Waals surface area contributed by atoms with Gasteiger partial charge in [-0.1, -0.05) is 146 Å². The van der Waals surface area contributed by atoms with Gasteiger partial charge in [0.25, 0.3) is 0 Å². The fourth-order valence-corrected chi connectivity index (χ4v) is 6.77. The molecular formula is C42H28N2. The van der Waals surface area contributed by atoms with E-state index in [9.17, 15) is 0 Å². The lowest BCUT2D eigenvalue weighted by atomic mass is 9.96. The molecule has 0 aliphatic heterocycles. The van der Waals surface area contributed by atoms with Crippen LogP contribution in [0.25, 0.3) is 88.1 Å². The average Bonchev–Trinajstić information content (AvgIpc) is 3.67. The maximum absolute atomic E-state index is 3.64. The Morgan fingerprint density at radius 2 is 0.568 bits per heavy atom. The van der Waals surface area contributed by atoms with E-state index in [2.05, 4.69) is 168 Å². The molecule has 0 fully saturated rings. The van der Waals surface area contributed by atoms with Crippen LogP contribution in [0.3, 0.4) is 0 Å². The van der Waals surface area contributed by atoms with Gasteiger partial charge >= 0.3 is 0 Å². The molecule has 0 radical (unpaired) electrons. The summed E-state index contributed by atoms with van der Waals surface area (Å²) in [7, 11) is 0. The molecule has 0 bridgehead atoms. The molecule has 0 amide bonds. The molecule has 7 aromatic carbocycles. The van der Waals surface area contributed by atoms with Crippen molar-refractivity contribution in [3.05, 3.63) is 158 Å². The van der Waals surface area contributed by atoms with E-state index in [4.69, 9.17) is 0 Å². The minimum atomic E-state index is 1.17. The molecule has 0 atom stereocenters. The molecule has 0 spiro atoms. The van der Waals surface area contributed by atoms with E-state index in [1.807, 2.05) is 0 Å². The zero-order valence-corrected chi connectivity index (χ0v) is 24.0. The van der Waals surface area contributed by atoms with Crippen LogP contribution in [0.1, 0.15) is 0 Å². The first-order valence-electron chi connectivity index (χ1n) is 15.1. The van der Waals surface area contributed by atoms with E-state index < -0.39 is 0 Å². The van der Waals surface area contributed by atoms with Crippen molar-refractivity contribution < 1.29 is 0 Å². The molecule has 2 heterocycles. The Hall–Kier alpha value is -5.86. The number of rotatable bonds is 4. The van der Waals surface area contributed by atoms with Crippen molar-refractivity contribution in [1.29, 1.82) is 0 Å². The van der Waals surface area contributed by atoms with E-state index in [1.54, 1.807) is 0 Å². The molecule has 0 aliphatic carbocycles. The minimum absolute atomic E-state index is 1.17. The molecule has 2 nitrogen and oxygen atoms in total. The van der Waals surface area contributed by atoms with Gasteiger partial charge in [-0.05, 0) is 45.5 Å². The van der Waals surface area contributed by atoms with Crippen LogP contribution in [0.4, 0.5) is 0 Å². The van der Waals surface area contributed by atoms with Crippen LogP contribution in [-0.2, 0) is 0 Å². The van der Waals surface area contributed by atoms with Gasteiger partial charge in [-0.15, -0.1) is 0 Å². The maximum atomic E-state index is 3.64. The third kappa shape index (κ3) is 3.96. The van der Waals surface area contributed by atoms with E-state index in [-0.39, 0.29) is 0 Å². The van der Waals surface area contributed by atoms with Crippen molar-refractivity contribution in [1.82, 2.24) is 9.97 Å². The first-order chi connectivity index (χ1) is 21.8. The summed E-state index contributed by atoms with van der Waals surface area (Å²) in [5.74, 6) is 0. The second-order valence-electron chi connectivity index (χ2n) is 11.5. The van der Waals surface area contributed by atoms with Gasteiger partial charge < -0.3 is 9.97 Å². The highest BCUT2D eigenvalue weighted by atomic mass is 14.7. The van der Waals surface area contributed by atoms with Crippen molar-refractivity contribution >= 4 is 43.6 Å². The molecule has 0 saturated carbocycles. The Morgan fingerprint density at radius 1 is 0.250 bits per heavy atom. The quantitative estimate of drug-likeness (QED) is 0.215. The summed E-state index contributed by atoms with van der Waals surface area (Å²) in [4.78, 5) is 7.27. The van der Waals surface area contributed by atoms with Crippen LogP contribution >= 0.6 is 0 Å². The fraction of sp³-hybridized carbons (Fsp3) is 0. The summed E-state index contributed by atoms with van der Waals surface area (Å²) in [6.45, 7) is 0. The van der Waals surface area contributed by atoms with Crippen LogP contribution in [0, 0.1) is 0 Å². The molecule has 44 heavy (non-hydrogen) atoms. The van der Waals surface area contributed by atoms with E-state index in [0.29, 0.717) is 0 Å². The number of aromatic amines is 2. The third-order valence-electron chi connectivity index (χ3n) is 9.03. The molecule has 206 valence electrons. The lowest BCUT2D eigenvalue weighted by molar-refractivity contribution is 1.53. The highest BCUT2D eigenvalue weighted by Crippen LogP contribution is 2.36. The van der Waals surface area contributed by atoms with E-state index >= 15 is 0 Å². The highest BCUT2D eigenvalue weighted by Gasteiger charge is 2.11. The highest BCUT2D eigenvalue weighted by molar-refractivity contribution is 6.12. The van der Waals surface area contributed by atoms with Crippen LogP contribution in [0.5, 0.6) is 0 Å². The largest absolute Gasteiger partial charge is 0.354 e. The van der Waals surface area contributed by atoms with Crippen LogP contribution in [-0.4, -0.2) is 9.97 Å². The topological polar surface area (TPSA) is 31.6 Å². The van der Waals surface area contributed by atoms with Crippen LogP contribution in [0.2, 0.25) is 0 Å². The van der Waals surface area contributed by atoms with Gasteiger partial charge in [-0.3, -0.25) is 0 Å².